The molecule has 0 aliphatic heterocycles. The summed E-state index contributed by atoms with van der Waals surface area (Å²) < 4.78 is 17.9. The first-order valence-corrected chi connectivity index (χ1v) is 4.57. The van der Waals surface area contributed by atoms with E-state index in [0.717, 1.165) is 6.20 Å². The Bertz CT molecular complexity index is 338. The Hall–Kier alpha value is -1.51. The molecule has 0 aliphatic carbocycles. The molecule has 0 saturated heterocycles. The van der Waals surface area contributed by atoms with E-state index in [1.165, 1.54) is 7.11 Å². The lowest BCUT2D eigenvalue weighted by molar-refractivity contribution is 0.0726. The van der Waals surface area contributed by atoms with Gasteiger partial charge >= 0.3 is 0 Å². The first-order valence-electron chi connectivity index (χ1n) is 4.57. The monoisotopic (exact) mass is 231 g/mol. The van der Waals surface area contributed by atoms with Crippen molar-refractivity contribution >= 4 is 11.8 Å². The van der Waals surface area contributed by atoms with Gasteiger partial charge in [-0.3, -0.25) is 5.43 Å². The molecule has 90 valence electrons. The zero-order chi connectivity index (χ0) is 12.0. The van der Waals surface area contributed by atoms with Crippen LogP contribution in [0.2, 0.25) is 0 Å². The Morgan fingerprint density at radius 2 is 2.44 bits per heavy atom. The molecule has 0 bridgehead atoms. The second-order valence-electron chi connectivity index (χ2n) is 3.02. The first-order chi connectivity index (χ1) is 7.67. The first kappa shape index (κ1) is 12.6. The maximum absolute atomic E-state index is 13.2. The molecule has 1 rings (SSSR count). The van der Waals surface area contributed by atoms with E-state index in [1.807, 2.05) is 0 Å². The molecule has 1 aromatic heterocycles. The van der Waals surface area contributed by atoms with Crippen molar-refractivity contribution in [2.24, 2.45) is 5.84 Å². The summed E-state index contributed by atoms with van der Waals surface area (Å²) in [5.41, 5.74) is 2.19. The molecule has 8 heteroatoms. The number of halogens is 1. The number of nitrogen functional groups attached to an aromatic ring is 1. The number of nitrogens with one attached hydrogen (secondary N) is 2. The quantitative estimate of drug-likeness (QED) is 0.379. The molecule has 0 saturated carbocycles. The predicted molar refractivity (Wildman–Crippen MR) is 56.2 cm³/mol. The number of rotatable bonds is 6. The van der Waals surface area contributed by atoms with Crippen LogP contribution in [0.25, 0.3) is 0 Å². The van der Waals surface area contributed by atoms with Gasteiger partial charge in [0.1, 0.15) is 0 Å². The molecule has 0 fully saturated rings. The van der Waals surface area contributed by atoms with Gasteiger partial charge in [0.15, 0.2) is 11.6 Å². The minimum Gasteiger partial charge on any atom is -0.389 e. The minimum absolute atomic E-state index is 0.0295. The third-order valence-electron chi connectivity index (χ3n) is 1.74. The van der Waals surface area contributed by atoms with E-state index in [1.54, 1.807) is 0 Å². The van der Waals surface area contributed by atoms with Gasteiger partial charge in [0.05, 0.1) is 18.9 Å². The van der Waals surface area contributed by atoms with Crippen LogP contribution in [0.4, 0.5) is 16.2 Å². The van der Waals surface area contributed by atoms with Crippen molar-refractivity contribution in [3.8, 4) is 0 Å². The van der Waals surface area contributed by atoms with Crippen LogP contribution in [0.1, 0.15) is 0 Å². The Morgan fingerprint density at radius 1 is 1.69 bits per heavy atom. The number of hydrazine groups is 1. The van der Waals surface area contributed by atoms with Crippen LogP contribution in [-0.2, 0) is 4.74 Å². The Kier molecular flexibility index (Phi) is 4.83. The Morgan fingerprint density at radius 3 is 3.06 bits per heavy atom. The summed E-state index contributed by atoms with van der Waals surface area (Å²) in [5.74, 6) is 4.51. The van der Waals surface area contributed by atoms with Crippen LogP contribution < -0.4 is 16.6 Å². The third kappa shape index (κ3) is 3.57. The fourth-order valence-corrected chi connectivity index (χ4v) is 1.03. The molecule has 1 aromatic rings. The summed E-state index contributed by atoms with van der Waals surface area (Å²) in [4.78, 5) is 7.31. The van der Waals surface area contributed by atoms with Crippen LogP contribution in [0.5, 0.6) is 0 Å². The van der Waals surface area contributed by atoms with Crippen LogP contribution in [0, 0.1) is 5.82 Å². The number of nitrogens with zero attached hydrogens (tertiary/aromatic N) is 2. The zero-order valence-electron chi connectivity index (χ0n) is 8.77. The zero-order valence-corrected chi connectivity index (χ0v) is 8.77. The van der Waals surface area contributed by atoms with Gasteiger partial charge in [0, 0.05) is 13.7 Å². The largest absolute Gasteiger partial charge is 0.389 e. The molecular weight excluding hydrogens is 217 g/mol. The van der Waals surface area contributed by atoms with Gasteiger partial charge in [-0.1, -0.05) is 0 Å². The van der Waals surface area contributed by atoms with Gasteiger partial charge in [-0.25, -0.2) is 15.2 Å². The molecule has 1 unspecified atom stereocenters. The number of aliphatic hydroxyl groups is 1. The molecule has 0 amide bonds. The van der Waals surface area contributed by atoms with E-state index in [0.29, 0.717) is 0 Å². The molecule has 7 nitrogen and oxygen atoms in total. The average Bonchev–Trinajstić information content (AvgIpc) is 2.28. The highest BCUT2D eigenvalue weighted by atomic mass is 19.1. The maximum Gasteiger partial charge on any atom is 0.239 e. The van der Waals surface area contributed by atoms with Crippen molar-refractivity contribution in [1.29, 1.82) is 0 Å². The van der Waals surface area contributed by atoms with Gasteiger partial charge in [0.2, 0.25) is 5.95 Å². The maximum atomic E-state index is 13.2. The summed E-state index contributed by atoms with van der Waals surface area (Å²) in [6.45, 7) is 0.271. The Labute approximate surface area is 91.8 Å². The van der Waals surface area contributed by atoms with Gasteiger partial charge in [-0.2, -0.15) is 4.98 Å². The summed E-state index contributed by atoms with van der Waals surface area (Å²) in [7, 11) is 1.46. The summed E-state index contributed by atoms with van der Waals surface area (Å²) in [6, 6.07) is 0. The van der Waals surface area contributed by atoms with E-state index >= 15 is 0 Å². The van der Waals surface area contributed by atoms with Crippen molar-refractivity contribution in [3.05, 3.63) is 12.0 Å². The van der Waals surface area contributed by atoms with Crippen molar-refractivity contribution in [1.82, 2.24) is 9.97 Å². The molecule has 5 N–H and O–H groups in total. The SMILES string of the molecule is COCC(O)CNc1nc(NN)ncc1F. The normalized spacial score (nSPS) is 12.2. The summed E-state index contributed by atoms with van der Waals surface area (Å²) >= 11 is 0. The highest BCUT2D eigenvalue weighted by Gasteiger charge is 2.08. The van der Waals surface area contributed by atoms with Gasteiger partial charge in [-0.15, -0.1) is 0 Å². The van der Waals surface area contributed by atoms with Crippen LogP contribution in [-0.4, -0.2) is 41.4 Å². The number of aromatic nitrogens is 2. The molecule has 1 atom stereocenters. The molecular formula is C8H14FN5O2. The van der Waals surface area contributed by atoms with E-state index in [4.69, 9.17) is 10.6 Å². The third-order valence-corrected chi connectivity index (χ3v) is 1.74. The standard InChI is InChI=1S/C8H14FN5O2/c1-16-4-5(15)2-11-7-6(9)3-12-8(13-7)14-10/h3,5,15H,2,4,10H2,1H3,(H2,11,12,13,14). The fourth-order valence-electron chi connectivity index (χ4n) is 1.03. The number of methoxy groups -OCH3 is 1. The molecule has 0 spiro atoms. The smallest absolute Gasteiger partial charge is 0.239 e. The average molecular weight is 231 g/mol. The lowest BCUT2D eigenvalue weighted by Crippen LogP contribution is -2.25. The minimum atomic E-state index is -0.742. The topological polar surface area (TPSA) is 105 Å². The highest BCUT2D eigenvalue weighted by molar-refractivity contribution is 5.40. The second kappa shape index (κ2) is 6.16. The number of ether oxygens (including phenoxy) is 1. The number of hydrogen-bond acceptors (Lipinski definition) is 7. The molecule has 1 heterocycles. The predicted octanol–water partition coefficient (Wildman–Crippen LogP) is -0.679. The van der Waals surface area contributed by atoms with E-state index < -0.39 is 11.9 Å². The number of aliphatic hydroxyl groups excluding tert-OH is 1. The van der Waals surface area contributed by atoms with Crippen LogP contribution >= 0.6 is 0 Å². The number of anilines is 2. The van der Waals surface area contributed by atoms with Crippen LogP contribution in [0.15, 0.2) is 6.20 Å². The van der Waals surface area contributed by atoms with E-state index in [2.05, 4.69) is 20.7 Å². The lowest BCUT2D eigenvalue weighted by atomic mass is 10.4. The van der Waals surface area contributed by atoms with Crippen LogP contribution in [0.3, 0.4) is 0 Å². The van der Waals surface area contributed by atoms with Crippen molar-refractivity contribution < 1.29 is 14.2 Å². The fraction of sp³-hybridized carbons (Fsp3) is 0.500. The highest BCUT2D eigenvalue weighted by Crippen LogP contribution is 2.10. The number of nitrogens with two attached hydrogens (primary N) is 1. The van der Waals surface area contributed by atoms with Gasteiger partial charge in [-0.05, 0) is 0 Å². The summed E-state index contributed by atoms with van der Waals surface area (Å²) in [6.07, 6.45) is 0.237. The Balaban J connectivity index is 2.58. The second-order valence-corrected chi connectivity index (χ2v) is 3.02. The van der Waals surface area contributed by atoms with Crippen molar-refractivity contribution in [2.75, 3.05) is 31.0 Å². The van der Waals surface area contributed by atoms with Crippen molar-refractivity contribution in [3.63, 3.8) is 0 Å². The molecule has 0 radical (unpaired) electrons. The molecule has 0 aromatic carbocycles. The number of hydrogen-bond donors (Lipinski definition) is 4. The molecule has 16 heavy (non-hydrogen) atoms. The van der Waals surface area contributed by atoms with Gasteiger partial charge in [0.25, 0.3) is 0 Å². The van der Waals surface area contributed by atoms with E-state index in [-0.39, 0.29) is 24.9 Å². The van der Waals surface area contributed by atoms with Crippen molar-refractivity contribution in [2.45, 2.75) is 6.10 Å². The summed E-state index contributed by atoms with van der Waals surface area (Å²) in [5, 5.41) is 12.0. The molecule has 0 aliphatic rings. The van der Waals surface area contributed by atoms with E-state index in [9.17, 15) is 9.50 Å². The lowest BCUT2D eigenvalue weighted by Gasteiger charge is -2.11. The van der Waals surface area contributed by atoms with Gasteiger partial charge < -0.3 is 15.2 Å².